The molecule has 0 bridgehead atoms. The quantitative estimate of drug-likeness (QED) is 0.808. The van der Waals surface area contributed by atoms with Crippen LogP contribution in [0.3, 0.4) is 0 Å². The van der Waals surface area contributed by atoms with Crippen LogP contribution in [0.1, 0.15) is 17.0 Å². The smallest absolute Gasteiger partial charge is 0.217 e. The number of nitrogens with one attached hydrogen (secondary N) is 1. The van der Waals surface area contributed by atoms with Crippen molar-refractivity contribution in [2.24, 2.45) is 0 Å². The minimum atomic E-state index is 0.262. The summed E-state index contributed by atoms with van der Waals surface area (Å²) in [4.78, 5) is 3.95. The molecule has 0 atom stereocenters. The molecule has 6 nitrogen and oxygen atoms in total. The average Bonchev–Trinajstić information content (AvgIpc) is 2.99. The third kappa shape index (κ3) is 3.46. The Hall–Kier alpha value is -2.67. The molecule has 0 saturated heterocycles. The second kappa shape index (κ2) is 7.20. The predicted octanol–water partition coefficient (Wildman–Crippen LogP) is 1.35. The number of nitrogens with zero attached hydrogens (tertiary/aromatic N) is 4. The summed E-state index contributed by atoms with van der Waals surface area (Å²) in [6.45, 7) is 2.05. The van der Waals surface area contributed by atoms with E-state index in [1.165, 1.54) is 0 Å². The summed E-state index contributed by atoms with van der Waals surface area (Å²) in [5.41, 5.74) is 2.17. The molecule has 0 saturated carbocycles. The maximum Gasteiger partial charge on any atom is 0.217 e. The van der Waals surface area contributed by atoms with E-state index in [9.17, 15) is 5.26 Å². The highest BCUT2D eigenvalue weighted by Crippen LogP contribution is 2.17. The van der Waals surface area contributed by atoms with Gasteiger partial charge in [-0.05, 0) is 17.7 Å². The Balaban J connectivity index is 2.22. The van der Waals surface area contributed by atoms with Gasteiger partial charge in [-0.1, -0.05) is 6.07 Å². The van der Waals surface area contributed by atoms with Gasteiger partial charge in [0, 0.05) is 32.6 Å². The van der Waals surface area contributed by atoms with Gasteiger partial charge < -0.3 is 10.1 Å². The highest BCUT2D eigenvalue weighted by molar-refractivity contribution is 5.52. The third-order valence-electron chi connectivity index (χ3n) is 2.99. The lowest BCUT2D eigenvalue weighted by Gasteiger charge is -2.09. The molecule has 6 heteroatoms. The molecule has 0 spiro atoms. The maximum absolute atomic E-state index is 9.31. The van der Waals surface area contributed by atoms with Crippen LogP contribution in [0.25, 0.3) is 5.69 Å². The normalized spacial score (nSPS) is 10.0. The van der Waals surface area contributed by atoms with Crippen molar-refractivity contribution in [2.75, 3.05) is 20.3 Å². The second-order valence-corrected chi connectivity index (χ2v) is 4.37. The van der Waals surface area contributed by atoms with Gasteiger partial charge in [0.2, 0.25) is 5.82 Å². The highest BCUT2D eigenvalue weighted by Gasteiger charge is 2.09. The number of imidazole rings is 1. The van der Waals surface area contributed by atoms with Gasteiger partial charge in [0.25, 0.3) is 0 Å². The van der Waals surface area contributed by atoms with E-state index in [2.05, 4.69) is 16.4 Å². The van der Waals surface area contributed by atoms with Crippen LogP contribution in [0.4, 0.5) is 0 Å². The van der Waals surface area contributed by atoms with Gasteiger partial charge in [0.1, 0.15) is 12.1 Å². The minimum Gasteiger partial charge on any atom is -0.383 e. The summed E-state index contributed by atoms with van der Waals surface area (Å²) < 4.78 is 6.57. The number of methoxy groups -OCH3 is 1. The van der Waals surface area contributed by atoms with E-state index in [-0.39, 0.29) is 5.82 Å². The Bertz CT molecular complexity index is 693. The number of ether oxygens (including phenoxy) is 1. The van der Waals surface area contributed by atoms with Gasteiger partial charge in [-0.25, -0.2) is 4.98 Å². The molecule has 106 valence electrons. The molecule has 1 heterocycles. The van der Waals surface area contributed by atoms with Crippen molar-refractivity contribution in [3.63, 3.8) is 0 Å². The standard InChI is InChI=1S/C15H15N5O/c1-21-7-5-18-11-12-2-3-14(13(8-12)9-16)20-6-4-19-15(20)10-17/h2-4,6,8,18H,5,7,11H2,1H3. The molecule has 0 aliphatic heterocycles. The number of nitriles is 2. The van der Waals surface area contributed by atoms with Gasteiger partial charge in [-0.3, -0.25) is 4.57 Å². The highest BCUT2D eigenvalue weighted by atomic mass is 16.5. The Morgan fingerprint density at radius 3 is 2.90 bits per heavy atom. The topological polar surface area (TPSA) is 86.7 Å². The molecular formula is C15H15N5O. The molecule has 1 N–H and O–H groups in total. The van der Waals surface area contributed by atoms with E-state index in [0.29, 0.717) is 24.4 Å². The van der Waals surface area contributed by atoms with Crippen LogP contribution in [-0.4, -0.2) is 29.8 Å². The summed E-state index contributed by atoms with van der Waals surface area (Å²) >= 11 is 0. The van der Waals surface area contributed by atoms with Crippen LogP contribution in [0, 0.1) is 22.7 Å². The summed E-state index contributed by atoms with van der Waals surface area (Å²) in [5.74, 6) is 0.262. The van der Waals surface area contributed by atoms with E-state index < -0.39 is 0 Å². The molecule has 0 aliphatic rings. The van der Waals surface area contributed by atoms with Crippen LogP contribution < -0.4 is 5.32 Å². The summed E-state index contributed by atoms with van der Waals surface area (Å²) in [6, 6.07) is 9.74. The Labute approximate surface area is 123 Å². The van der Waals surface area contributed by atoms with Gasteiger partial charge in [0.15, 0.2) is 0 Å². The molecule has 2 aromatic rings. The molecule has 1 aromatic carbocycles. The molecule has 2 rings (SSSR count). The molecule has 0 aliphatic carbocycles. The fourth-order valence-corrected chi connectivity index (χ4v) is 1.98. The lowest BCUT2D eigenvalue weighted by atomic mass is 10.1. The predicted molar refractivity (Wildman–Crippen MR) is 76.6 cm³/mol. The lowest BCUT2D eigenvalue weighted by molar-refractivity contribution is 0.199. The maximum atomic E-state index is 9.31. The lowest BCUT2D eigenvalue weighted by Crippen LogP contribution is -2.18. The van der Waals surface area contributed by atoms with Gasteiger partial charge in [-0.15, -0.1) is 0 Å². The summed E-state index contributed by atoms with van der Waals surface area (Å²) in [7, 11) is 1.65. The van der Waals surface area contributed by atoms with Gasteiger partial charge in [-0.2, -0.15) is 10.5 Å². The van der Waals surface area contributed by atoms with Crippen LogP contribution in [0.2, 0.25) is 0 Å². The molecule has 1 aromatic heterocycles. The van der Waals surface area contributed by atoms with Crippen LogP contribution >= 0.6 is 0 Å². The number of hydrogen-bond acceptors (Lipinski definition) is 5. The SMILES string of the molecule is COCCNCc1ccc(-n2ccnc2C#N)c(C#N)c1. The average molecular weight is 281 g/mol. The van der Waals surface area contributed by atoms with Crippen molar-refractivity contribution in [1.82, 2.24) is 14.9 Å². The van der Waals surface area contributed by atoms with Gasteiger partial charge in [0.05, 0.1) is 17.9 Å². The molecular weight excluding hydrogens is 266 g/mol. The first-order valence-electron chi connectivity index (χ1n) is 6.46. The summed E-state index contributed by atoms with van der Waals surface area (Å²) in [5, 5.41) is 21.5. The Kier molecular flexibility index (Phi) is 5.05. The molecule has 21 heavy (non-hydrogen) atoms. The number of benzene rings is 1. The first-order valence-corrected chi connectivity index (χ1v) is 6.46. The first-order chi connectivity index (χ1) is 10.3. The molecule has 0 radical (unpaired) electrons. The van der Waals surface area contributed by atoms with Crippen molar-refractivity contribution in [3.8, 4) is 17.8 Å². The first kappa shape index (κ1) is 14.7. The van der Waals surface area contributed by atoms with E-state index >= 15 is 0 Å². The van der Waals surface area contributed by atoms with Crippen molar-refractivity contribution < 1.29 is 4.74 Å². The van der Waals surface area contributed by atoms with Crippen molar-refractivity contribution >= 4 is 0 Å². The number of hydrogen-bond donors (Lipinski definition) is 1. The van der Waals surface area contributed by atoms with Crippen molar-refractivity contribution in [2.45, 2.75) is 6.54 Å². The third-order valence-corrected chi connectivity index (χ3v) is 2.99. The van der Waals surface area contributed by atoms with Gasteiger partial charge >= 0.3 is 0 Å². The molecule has 0 fully saturated rings. The monoisotopic (exact) mass is 281 g/mol. The minimum absolute atomic E-state index is 0.262. The zero-order valence-electron chi connectivity index (χ0n) is 11.7. The van der Waals surface area contributed by atoms with E-state index in [4.69, 9.17) is 10.00 Å². The van der Waals surface area contributed by atoms with Crippen LogP contribution in [0.15, 0.2) is 30.6 Å². The zero-order valence-corrected chi connectivity index (χ0v) is 11.7. The molecule has 0 unspecified atom stereocenters. The van der Waals surface area contributed by atoms with Crippen molar-refractivity contribution in [1.29, 1.82) is 10.5 Å². The Morgan fingerprint density at radius 2 is 2.19 bits per heavy atom. The fourth-order valence-electron chi connectivity index (χ4n) is 1.98. The number of aromatic nitrogens is 2. The number of rotatable bonds is 6. The van der Waals surface area contributed by atoms with Crippen LogP contribution in [0.5, 0.6) is 0 Å². The fraction of sp³-hybridized carbons (Fsp3) is 0.267. The Morgan fingerprint density at radius 1 is 1.33 bits per heavy atom. The van der Waals surface area contributed by atoms with Crippen LogP contribution in [-0.2, 0) is 11.3 Å². The largest absolute Gasteiger partial charge is 0.383 e. The zero-order chi connectivity index (χ0) is 15.1. The summed E-state index contributed by atoms with van der Waals surface area (Å²) in [6.07, 6.45) is 3.21. The van der Waals surface area contributed by atoms with E-state index in [0.717, 1.165) is 12.1 Å². The second-order valence-electron chi connectivity index (χ2n) is 4.37. The van der Waals surface area contributed by atoms with Crippen molar-refractivity contribution in [3.05, 3.63) is 47.5 Å². The van der Waals surface area contributed by atoms with E-state index in [1.54, 1.807) is 24.1 Å². The molecule has 0 amide bonds. The van der Waals surface area contributed by atoms with E-state index in [1.807, 2.05) is 24.3 Å².